The predicted octanol–water partition coefficient (Wildman–Crippen LogP) is 2.92. The van der Waals surface area contributed by atoms with Crippen molar-refractivity contribution in [3.63, 3.8) is 0 Å². The van der Waals surface area contributed by atoms with E-state index in [2.05, 4.69) is 18.8 Å². The van der Waals surface area contributed by atoms with Gasteiger partial charge in [0.25, 0.3) is 0 Å². The molecule has 0 aliphatic carbocycles. The van der Waals surface area contributed by atoms with E-state index in [-0.39, 0.29) is 6.04 Å². The highest BCUT2D eigenvalue weighted by Gasteiger charge is 2.14. The molecule has 1 aromatic heterocycles. The summed E-state index contributed by atoms with van der Waals surface area (Å²) in [5.74, 6) is 1.44. The van der Waals surface area contributed by atoms with Crippen LogP contribution in [0.4, 0.5) is 0 Å². The summed E-state index contributed by atoms with van der Waals surface area (Å²) in [6.45, 7) is 4.45. The molecule has 0 saturated heterocycles. The van der Waals surface area contributed by atoms with Crippen LogP contribution in [-0.2, 0) is 0 Å². The minimum Gasteiger partial charge on any atom is -0.495 e. The molecule has 2 N–H and O–H groups in total. The van der Waals surface area contributed by atoms with Crippen LogP contribution in [0.3, 0.4) is 0 Å². The zero-order valence-electron chi connectivity index (χ0n) is 10.4. The first-order valence-corrected chi connectivity index (χ1v) is 5.92. The molecule has 90 valence electrons. The average Bonchev–Trinajstić information content (AvgIpc) is 2.29. The summed E-state index contributed by atoms with van der Waals surface area (Å²) in [6.07, 6.45) is 6.92. The van der Waals surface area contributed by atoms with Crippen LogP contribution in [0.5, 0.6) is 5.75 Å². The molecule has 0 aliphatic rings. The van der Waals surface area contributed by atoms with Crippen LogP contribution < -0.4 is 10.5 Å². The first kappa shape index (κ1) is 13.0. The van der Waals surface area contributed by atoms with Crippen molar-refractivity contribution in [3.8, 4) is 5.75 Å². The molecule has 2 unspecified atom stereocenters. The Balaban J connectivity index is 2.68. The lowest BCUT2D eigenvalue weighted by Gasteiger charge is -2.18. The molecule has 0 radical (unpaired) electrons. The lowest BCUT2D eigenvalue weighted by Crippen LogP contribution is -2.15. The number of ether oxygens (including phenoxy) is 1. The van der Waals surface area contributed by atoms with Gasteiger partial charge in [-0.1, -0.05) is 26.7 Å². The van der Waals surface area contributed by atoms with Crippen molar-refractivity contribution in [2.75, 3.05) is 7.11 Å². The Hall–Kier alpha value is -1.09. The fraction of sp³-hybridized carbons (Fsp3) is 0.615. The summed E-state index contributed by atoms with van der Waals surface area (Å²) in [6, 6.07) is 1.99. The van der Waals surface area contributed by atoms with Gasteiger partial charge in [0.1, 0.15) is 5.75 Å². The van der Waals surface area contributed by atoms with Crippen LogP contribution in [0.15, 0.2) is 18.5 Å². The topological polar surface area (TPSA) is 48.1 Å². The van der Waals surface area contributed by atoms with Gasteiger partial charge < -0.3 is 10.5 Å². The number of rotatable bonds is 6. The van der Waals surface area contributed by atoms with E-state index in [1.54, 1.807) is 19.5 Å². The fourth-order valence-electron chi connectivity index (χ4n) is 2.04. The van der Waals surface area contributed by atoms with Gasteiger partial charge in [-0.15, -0.1) is 0 Å². The maximum Gasteiger partial charge on any atom is 0.141 e. The summed E-state index contributed by atoms with van der Waals surface area (Å²) in [5, 5.41) is 0. The Bertz CT molecular complexity index is 315. The van der Waals surface area contributed by atoms with Crippen molar-refractivity contribution in [1.29, 1.82) is 0 Å². The van der Waals surface area contributed by atoms with Gasteiger partial charge in [0, 0.05) is 17.8 Å². The molecule has 16 heavy (non-hydrogen) atoms. The highest BCUT2D eigenvalue weighted by atomic mass is 16.5. The van der Waals surface area contributed by atoms with E-state index in [1.165, 1.54) is 12.8 Å². The molecule has 0 spiro atoms. The number of hydrogen-bond donors (Lipinski definition) is 1. The maximum atomic E-state index is 6.19. The van der Waals surface area contributed by atoms with E-state index in [0.29, 0.717) is 5.92 Å². The molecule has 3 nitrogen and oxygen atoms in total. The molecular formula is C13H22N2O. The molecule has 0 aromatic carbocycles. The van der Waals surface area contributed by atoms with Gasteiger partial charge in [0.05, 0.1) is 13.3 Å². The summed E-state index contributed by atoms with van der Waals surface area (Å²) < 4.78 is 5.27. The third-order valence-electron chi connectivity index (χ3n) is 2.87. The summed E-state index contributed by atoms with van der Waals surface area (Å²) in [4.78, 5) is 4.03. The number of pyridine rings is 1. The second kappa shape index (κ2) is 6.48. The van der Waals surface area contributed by atoms with Crippen LogP contribution >= 0.6 is 0 Å². The Labute approximate surface area is 98.0 Å². The van der Waals surface area contributed by atoms with Crippen molar-refractivity contribution >= 4 is 0 Å². The number of nitrogens with two attached hydrogens (primary N) is 1. The summed E-state index contributed by atoms with van der Waals surface area (Å²) in [5.41, 5.74) is 7.25. The van der Waals surface area contributed by atoms with Crippen LogP contribution in [-0.4, -0.2) is 12.1 Å². The molecule has 0 bridgehead atoms. The summed E-state index contributed by atoms with van der Waals surface area (Å²) in [7, 11) is 1.66. The van der Waals surface area contributed by atoms with E-state index in [9.17, 15) is 0 Å². The molecule has 0 fully saturated rings. The second-order valence-corrected chi connectivity index (χ2v) is 4.35. The maximum absolute atomic E-state index is 6.19. The van der Waals surface area contributed by atoms with E-state index in [4.69, 9.17) is 10.5 Å². The number of nitrogens with zero attached hydrogens (tertiary/aromatic N) is 1. The van der Waals surface area contributed by atoms with Gasteiger partial charge in [-0.2, -0.15) is 0 Å². The van der Waals surface area contributed by atoms with E-state index >= 15 is 0 Å². The quantitative estimate of drug-likeness (QED) is 0.805. The second-order valence-electron chi connectivity index (χ2n) is 4.35. The molecule has 2 atom stereocenters. The third kappa shape index (κ3) is 3.49. The molecule has 1 heterocycles. The van der Waals surface area contributed by atoms with Gasteiger partial charge >= 0.3 is 0 Å². The van der Waals surface area contributed by atoms with Crippen LogP contribution in [0.25, 0.3) is 0 Å². The largest absolute Gasteiger partial charge is 0.495 e. The van der Waals surface area contributed by atoms with Gasteiger partial charge in [-0.3, -0.25) is 4.98 Å². The Morgan fingerprint density at radius 2 is 2.25 bits per heavy atom. The van der Waals surface area contributed by atoms with Crippen LogP contribution in [0.1, 0.15) is 44.7 Å². The molecule has 1 rings (SSSR count). The number of methoxy groups -OCH3 is 1. The van der Waals surface area contributed by atoms with Crippen LogP contribution in [0.2, 0.25) is 0 Å². The molecule has 3 heteroatoms. The standard InChI is InChI=1S/C13H22N2O/c1-4-5-10(2)8-12(14)11-6-7-15-9-13(11)16-3/h6-7,9-10,12H,4-5,8,14H2,1-3H3. The van der Waals surface area contributed by atoms with E-state index in [1.807, 2.05) is 6.07 Å². The number of aromatic nitrogens is 1. The van der Waals surface area contributed by atoms with Crippen molar-refractivity contribution < 1.29 is 4.74 Å². The SMILES string of the molecule is CCCC(C)CC(N)c1ccncc1OC. The van der Waals surface area contributed by atoms with Crippen molar-refractivity contribution in [2.24, 2.45) is 11.7 Å². The van der Waals surface area contributed by atoms with Crippen LogP contribution in [0, 0.1) is 5.92 Å². The molecule has 1 aromatic rings. The minimum atomic E-state index is 0.0412. The lowest BCUT2D eigenvalue weighted by molar-refractivity contribution is 0.390. The Morgan fingerprint density at radius 1 is 1.50 bits per heavy atom. The smallest absolute Gasteiger partial charge is 0.141 e. The predicted molar refractivity (Wildman–Crippen MR) is 66.4 cm³/mol. The molecule has 0 aliphatic heterocycles. The minimum absolute atomic E-state index is 0.0412. The highest BCUT2D eigenvalue weighted by Crippen LogP contribution is 2.27. The van der Waals surface area contributed by atoms with Gasteiger partial charge in [0.2, 0.25) is 0 Å². The van der Waals surface area contributed by atoms with E-state index < -0.39 is 0 Å². The molecule has 0 amide bonds. The Morgan fingerprint density at radius 3 is 2.88 bits per heavy atom. The Kier molecular flexibility index (Phi) is 5.26. The average molecular weight is 222 g/mol. The van der Waals surface area contributed by atoms with Crippen molar-refractivity contribution in [1.82, 2.24) is 4.98 Å². The number of hydrogen-bond acceptors (Lipinski definition) is 3. The van der Waals surface area contributed by atoms with Crippen molar-refractivity contribution in [2.45, 2.75) is 39.2 Å². The van der Waals surface area contributed by atoms with E-state index in [0.717, 1.165) is 17.7 Å². The van der Waals surface area contributed by atoms with Gasteiger partial charge in [0.15, 0.2) is 0 Å². The molecule has 0 saturated carbocycles. The summed E-state index contributed by atoms with van der Waals surface area (Å²) >= 11 is 0. The molecular weight excluding hydrogens is 200 g/mol. The first-order valence-electron chi connectivity index (χ1n) is 5.92. The van der Waals surface area contributed by atoms with Gasteiger partial charge in [-0.05, 0) is 18.4 Å². The third-order valence-corrected chi connectivity index (χ3v) is 2.87. The van der Waals surface area contributed by atoms with Gasteiger partial charge in [-0.25, -0.2) is 0 Å². The zero-order chi connectivity index (χ0) is 12.0. The fourth-order valence-corrected chi connectivity index (χ4v) is 2.04. The normalized spacial score (nSPS) is 14.5. The lowest BCUT2D eigenvalue weighted by atomic mass is 9.94. The highest BCUT2D eigenvalue weighted by molar-refractivity contribution is 5.32. The first-order chi connectivity index (χ1) is 7.69. The monoisotopic (exact) mass is 222 g/mol. The van der Waals surface area contributed by atoms with Crippen molar-refractivity contribution in [3.05, 3.63) is 24.0 Å². The zero-order valence-corrected chi connectivity index (χ0v) is 10.4.